The van der Waals surface area contributed by atoms with Gasteiger partial charge in [0.25, 0.3) is 0 Å². The van der Waals surface area contributed by atoms with Crippen LogP contribution in [0.3, 0.4) is 0 Å². The minimum Gasteiger partial charge on any atom is -0.481 e. The molecule has 0 fully saturated rings. The lowest BCUT2D eigenvalue weighted by Crippen LogP contribution is -2.25. The van der Waals surface area contributed by atoms with Gasteiger partial charge in [-0.15, -0.1) is 0 Å². The van der Waals surface area contributed by atoms with Crippen molar-refractivity contribution in [2.45, 2.75) is 45.4 Å². The normalized spacial score (nSPS) is 11.7. The Morgan fingerprint density at radius 2 is 1.70 bits per heavy atom. The predicted octanol–water partition coefficient (Wildman–Crippen LogP) is 2.23. The van der Waals surface area contributed by atoms with Crippen molar-refractivity contribution in [3.05, 3.63) is 12.2 Å². The lowest BCUT2D eigenvalue weighted by atomic mass is 9.97. The van der Waals surface area contributed by atoms with Gasteiger partial charge >= 0.3 is 17.9 Å². The van der Waals surface area contributed by atoms with Gasteiger partial charge in [0.2, 0.25) is 0 Å². The molecule has 0 aromatic carbocycles. The largest absolute Gasteiger partial charge is 0.481 e. The van der Waals surface area contributed by atoms with E-state index < -0.39 is 30.2 Å². The van der Waals surface area contributed by atoms with Gasteiger partial charge in [-0.25, -0.2) is 4.79 Å². The maximum Gasteiger partial charge on any atom is 0.334 e. The minimum absolute atomic E-state index is 0.195. The van der Waals surface area contributed by atoms with E-state index in [2.05, 4.69) is 13.5 Å². The first-order valence-electron chi connectivity index (χ1n) is 6.70. The SMILES string of the molecule is C=C(C(=O)OCCCCCCC)C(CC(=O)O)C(=O)O. The molecule has 6 nitrogen and oxygen atoms in total. The van der Waals surface area contributed by atoms with E-state index in [4.69, 9.17) is 14.9 Å². The third kappa shape index (κ3) is 7.56. The maximum atomic E-state index is 11.6. The number of ether oxygens (including phenoxy) is 1. The van der Waals surface area contributed by atoms with E-state index in [1.807, 2.05) is 0 Å². The van der Waals surface area contributed by atoms with E-state index in [0.717, 1.165) is 25.7 Å². The zero-order valence-electron chi connectivity index (χ0n) is 11.8. The standard InChI is InChI=1S/C14H22O6/c1-3-4-5-6-7-8-20-14(19)10(2)11(13(17)18)9-12(15)16/h11H,2-9H2,1H3,(H,15,16)(H,17,18). The van der Waals surface area contributed by atoms with Gasteiger partial charge in [0.15, 0.2) is 0 Å². The lowest BCUT2D eigenvalue weighted by Gasteiger charge is -2.12. The summed E-state index contributed by atoms with van der Waals surface area (Å²) in [5.41, 5.74) is -0.326. The van der Waals surface area contributed by atoms with E-state index in [1.165, 1.54) is 0 Å². The van der Waals surface area contributed by atoms with Crippen molar-refractivity contribution < 1.29 is 29.3 Å². The van der Waals surface area contributed by atoms with Crippen molar-refractivity contribution in [2.75, 3.05) is 6.61 Å². The Bertz CT molecular complexity index is 361. The zero-order valence-corrected chi connectivity index (χ0v) is 11.8. The number of carbonyl (C=O) groups excluding carboxylic acids is 1. The van der Waals surface area contributed by atoms with Crippen LogP contribution in [0.5, 0.6) is 0 Å². The van der Waals surface area contributed by atoms with Gasteiger partial charge in [0.05, 0.1) is 18.9 Å². The molecular formula is C14H22O6. The monoisotopic (exact) mass is 286 g/mol. The Balaban J connectivity index is 4.14. The van der Waals surface area contributed by atoms with Gasteiger partial charge in [0, 0.05) is 5.57 Å². The summed E-state index contributed by atoms with van der Waals surface area (Å²) in [5.74, 6) is -4.97. The van der Waals surface area contributed by atoms with E-state index in [-0.39, 0.29) is 12.2 Å². The molecule has 0 aliphatic heterocycles. The van der Waals surface area contributed by atoms with Crippen LogP contribution in [0.1, 0.15) is 45.4 Å². The first kappa shape index (κ1) is 18.1. The fourth-order valence-electron chi connectivity index (χ4n) is 1.64. The van der Waals surface area contributed by atoms with E-state index in [1.54, 1.807) is 0 Å². The number of esters is 1. The van der Waals surface area contributed by atoms with Gasteiger partial charge in [0.1, 0.15) is 0 Å². The van der Waals surface area contributed by atoms with Crippen LogP contribution in [0.2, 0.25) is 0 Å². The molecular weight excluding hydrogens is 264 g/mol. The Hall–Kier alpha value is -1.85. The second-order valence-corrected chi connectivity index (χ2v) is 4.56. The molecule has 0 rings (SSSR count). The Morgan fingerprint density at radius 3 is 2.20 bits per heavy atom. The van der Waals surface area contributed by atoms with Gasteiger partial charge in [-0.3, -0.25) is 9.59 Å². The third-order valence-electron chi connectivity index (χ3n) is 2.84. The molecule has 1 unspecified atom stereocenters. The summed E-state index contributed by atoms with van der Waals surface area (Å²) >= 11 is 0. The number of rotatable bonds is 11. The summed E-state index contributed by atoms with van der Waals surface area (Å²) in [7, 11) is 0. The first-order valence-corrected chi connectivity index (χ1v) is 6.70. The number of carbonyl (C=O) groups is 3. The lowest BCUT2D eigenvalue weighted by molar-refractivity contribution is -0.149. The number of hydrogen-bond acceptors (Lipinski definition) is 4. The predicted molar refractivity (Wildman–Crippen MR) is 72.2 cm³/mol. The van der Waals surface area contributed by atoms with Crippen molar-refractivity contribution in [3.8, 4) is 0 Å². The highest BCUT2D eigenvalue weighted by Gasteiger charge is 2.29. The van der Waals surface area contributed by atoms with Gasteiger partial charge in [-0.1, -0.05) is 39.2 Å². The minimum atomic E-state index is -1.44. The summed E-state index contributed by atoms with van der Waals surface area (Å²) in [6, 6.07) is 0. The van der Waals surface area contributed by atoms with Crippen LogP contribution in [0, 0.1) is 5.92 Å². The molecule has 0 heterocycles. The fourth-order valence-corrected chi connectivity index (χ4v) is 1.64. The van der Waals surface area contributed by atoms with Crippen LogP contribution < -0.4 is 0 Å². The van der Waals surface area contributed by atoms with E-state index in [0.29, 0.717) is 6.42 Å². The molecule has 0 saturated heterocycles. The smallest absolute Gasteiger partial charge is 0.334 e. The summed E-state index contributed by atoms with van der Waals surface area (Å²) in [4.78, 5) is 33.0. The maximum absolute atomic E-state index is 11.6. The van der Waals surface area contributed by atoms with Crippen molar-refractivity contribution in [2.24, 2.45) is 5.92 Å². The van der Waals surface area contributed by atoms with Crippen molar-refractivity contribution in [1.29, 1.82) is 0 Å². The van der Waals surface area contributed by atoms with Crippen LogP contribution in [0.15, 0.2) is 12.2 Å². The van der Waals surface area contributed by atoms with Gasteiger partial charge < -0.3 is 14.9 Å². The molecule has 20 heavy (non-hydrogen) atoms. The zero-order chi connectivity index (χ0) is 15.5. The molecule has 114 valence electrons. The number of carboxylic acid groups (broad SMARTS) is 2. The average Bonchev–Trinajstić information content (AvgIpc) is 2.38. The molecule has 2 N–H and O–H groups in total. The number of carboxylic acids is 2. The number of aliphatic carboxylic acids is 2. The van der Waals surface area contributed by atoms with E-state index in [9.17, 15) is 14.4 Å². The van der Waals surface area contributed by atoms with Crippen LogP contribution in [0.25, 0.3) is 0 Å². The molecule has 6 heteroatoms. The van der Waals surface area contributed by atoms with Gasteiger partial charge in [-0.2, -0.15) is 0 Å². The summed E-state index contributed by atoms with van der Waals surface area (Å²) in [6.45, 7) is 5.63. The quantitative estimate of drug-likeness (QED) is 0.343. The third-order valence-corrected chi connectivity index (χ3v) is 2.84. The molecule has 0 amide bonds. The summed E-state index contributed by atoms with van der Waals surface area (Å²) in [6.07, 6.45) is 4.26. The fraction of sp³-hybridized carbons (Fsp3) is 0.643. The molecule has 0 bridgehead atoms. The molecule has 0 radical (unpaired) electrons. The highest BCUT2D eigenvalue weighted by molar-refractivity contribution is 5.96. The molecule has 0 aromatic heterocycles. The Labute approximate surface area is 118 Å². The molecule has 0 saturated carbocycles. The molecule has 0 aliphatic carbocycles. The number of hydrogen-bond donors (Lipinski definition) is 2. The molecule has 1 atom stereocenters. The van der Waals surface area contributed by atoms with Crippen LogP contribution in [0.4, 0.5) is 0 Å². The highest BCUT2D eigenvalue weighted by atomic mass is 16.5. The van der Waals surface area contributed by atoms with Crippen LogP contribution >= 0.6 is 0 Å². The van der Waals surface area contributed by atoms with Gasteiger partial charge in [-0.05, 0) is 6.42 Å². The Kier molecular flexibility index (Phi) is 9.07. The van der Waals surface area contributed by atoms with Crippen molar-refractivity contribution in [1.82, 2.24) is 0 Å². The van der Waals surface area contributed by atoms with E-state index >= 15 is 0 Å². The summed E-state index contributed by atoms with van der Waals surface area (Å²) in [5, 5.41) is 17.5. The summed E-state index contributed by atoms with van der Waals surface area (Å²) < 4.78 is 4.90. The second kappa shape index (κ2) is 10.00. The first-order chi connectivity index (χ1) is 9.40. The number of unbranched alkanes of at least 4 members (excludes halogenated alkanes) is 4. The second-order valence-electron chi connectivity index (χ2n) is 4.56. The molecule has 0 spiro atoms. The van der Waals surface area contributed by atoms with Crippen LogP contribution in [-0.4, -0.2) is 34.7 Å². The molecule has 0 aliphatic rings. The van der Waals surface area contributed by atoms with Crippen molar-refractivity contribution >= 4 is 17.9 Å². The Morgan fingerprint density at radius 1 is 1.10 bits per heavy atom. The highest BCUT2D eigenvalue weighted by Crippen LogP contribution is 2.16. The van der Waals surface area contributed by atoms with Crippen molar-refractivity contribution in [3.63, 3.8) is 0 Å². The topological polar surface area (TPSA) is 101 Å². The average molecular weight is 286 g/mol. The van der Waals surface area contributed by atoms with Crippen LogP contribution in [-0.2, 0) is 19.1 Å². The molecule has 0 aromatic rings.